The Bertz CT molecular complexity index is 747. The van der Waals surface area contributed by atoms with Gasteiger partial charge in [-0.2, -0.15) is 0 Å². The van der Waals surface area contributed by atoms with E-state index < -0.39 is 0 Å². The van der Waals surface area contributed by atoms with Gasteiger partial charge in [-0.15, -0.1) is 0 Å². The lowest BCUT2D eigenvalue weighted by atomic mass is 10.1. The maximum absolute atomic E-state index is 12.9. The Hall–Kier alpha value is -2.04. The summed E-state index contributed by atoms with van der Waals surface area (Å²) in [5, 5.41) is 3.82. The molecule has 2 aromatic carbocycles. The van der Waals surface area contributed by atoms with Crippen LogP contribution in [0.3, 0.4) is 0 Å². The summed E-state index contributed by atoms with van der Waals surface area (Å²) in [5.41, 5.74) is 3.53. The van der Waals surface area contributed by atoms with Gasteiger partial charge in [0.15, 0.2) is 0 Å². The second-order valence-electron chi connectivity index (χ2n) is 5.98. The van der Waals surface area contributed by atoms with Gasteiger partial charge in [-0.3, -0.25) is 4.79 Å². The minimum Gasteiger partial charge on any atom is -0.339 e. The summed E-state index contributed by atoms with van der Waals surface area (Å²) >= 11 is 6.23. The van der Waals surface area contributed by atoms with Gasteiger partial charge in [0.1, 0.15) is 0 Å². The largest absolute Gasteiger partial charge is 0.339 e. The van der Waals surface area contributed by atoms with Crippen molar-refractivity contribution in [2.45, 2.75) is 12.8 Å². The van der Waals surface area contributed by atoms with Crippen LogP contribution in [0.5, 0.6) is 0 Å². The van der Waals surface area contributed by atoms with E-state index in [1.165, 1.54) is 0 Å². The molecule has 1 heterocycles. The summed E-state index contributed by atoms with van der Waals surface area (Å²) in [6.07, 6.45) is 2.11. The lowest BCUT2D eigenvalue weighted by Crippen LogP contribution is -2.25. The molecule has 1 N–H and O–H groups in total. The van der Waals surface area contributed by atoms with Gasteiger partial charge < -0.3 is 15.1 Å². The minimum atomic E-state index is -0.00755. The fraction of sp³-hybridized carbons (Fsp3) is 0.316. The van der Waals surface area contributed by atoms with Crippen LogP contribution in [0, 0.1) is 0 Å². The van der Waals surface area contributed by atoms with Gasteiger partial charge in [-0.05, 0) is 56.8 Å². The smallest absolute Gasteiger partial charge is 0.260 e. The summed E-state index contributed by atoms with van der Waals surface area (Å²) in [6.45, 7) is 1.82. The number of nitrogens with one attached hydrogen (secondary N) is 1. The number of rotatable bonds is 5. The maximum atomic E-state index is 12.9. The van der Waals surface area contributed by atoms with Crippen molar-refractivity contribution < 1.29 is 4.79 Å². The first-order valence-corrected chi connectivity index (χ1v) is 8.60. The zero-order valence-corrected chi connectivity index (χ0v) is 14.8. The Labute approximate surface area is 148 Å². The molecule has 0 radical (unpaired) electrons. The third-order valence-corrected chi connectivity index (χ3v) is 4.61. The van der Waals surface area contributed by atoms with Crippen LogP contribution in [-0.2, 0) is 0 Å². The minimum absolute atomic E-state index is 0.00755. The third-order valence-electron chi connectivity index (χ3n) is 4.38. The molecule has 1 aliphatic rings. The molecule has 126 valence electrons. The molecule has 0 bridgehead atoms. The quantitative estimate of drug-likeness (QED) is 0.831. The van der Waals surface area contributed by atoms with Gasteiger partial charge in [-0.25, -0.2) is 0 Å². The Morgan fingerprint density at radius 1 is 1.04 bits per heavy atom. The van der Waals surface area contributed by atoms with E-state index in [-0.39, 0.29) is 5.91 Å². The van der Waals surface area contributed by atoms with Crippen molar-refractivity contribution in [1.29, 1.82) is 0 Å². The number of unbranched alkanes of at least 4 members (excludes halogenated alkanes) is 1. The summed E-state index contributed by atoms with van der Waals surface area (Å²) in [5.74, 6) is -0.00755. The number of halogens is 1. The molecule has 1 amide bonds. The zero-order valence-electron chi connectivity index (χ0n) is 14.1. The molecule has 0 unspecified atom stereocenters. The number of carbonyl (C=O) groups is 1. The highest BCUT2D eigenvalue weighted by atomic mass is 35.5. The van der Waals surface area contributed by atoms with Crippen LogP contribution < -0.4 is 15.1 Å². The Morgan fingerprint density at radius 3 is 2.54 bits per heavy atom. The summed E-state index contributed by atoms with van der Waals surface area (Å²) in [7, 11) is 3.79. The molecule has 24 heavy (non-hydrogen) atoms. The molecule has 2 aromatic rings. The van der Waals surface area contributed by atoms with Crippen molar-refractivity contribution in [2.24, 2.45) is 0 Å². The number of benzene rings is 2. The predicted molar refractivity (Wildman–Crippen MR) is 101 cm³/mol. The molecule has 5 heteroatoms. The molecule has 0 aromatic heterocycles. The number of anilines is 3. The molecule has 3 rings (SSSR count). The SMILES string of the molecule is CNCCCCN1c2cc(Cl)ccc2C(=O)N(C)c2ccccc21. The summed E-state index contributed by atoms with van der Waals surface area (Å²) in [6, 6.07) is 13.5. The molecule has 0 aliphatic carbocycles. The first kappa shape index (κ1) is 16.8. The van der Waals surface area contributed by atoms with Crippen molar-refractivity contribution in [3.05, 3.63) is 53.1 Å². The number of nitrogens with zero attached hydrogens (tertiary/aromatic N) is 2. The van der Waals surface area contributed by atoms with E-state index in [9.17, 15) is 4.79 Å². The highest BCUT2D eigenvalue weighted by molar-refractivity contribution is 6.31. The van der Waals surface area contributed by atoms with Gasteiger partial charge in [0, 0.05) is 18.6 Å². The fourth-order valence-corrected chi connectivity index (χ4v) is 3.28. The highest BCUT2D eigenvalue weighted by Gasteiger charge is 2.28. The van der Waals surface area contributed by atoms with E-state index in [1.54, 1.807) is 11.0 Å². The van der Waals surface area contributed by atoms with E-state index in [2.05, 4.69) is 16.3 Å². The van der Waals surface area contributed by atoms with E-state index >= 15 is 0 Å². The van der Waals surface area contributed by atoms with Crippen LogP contribution in [0.1, 0.15) is 23.2 Å². The van der Waals surface area contributed by atoms with Gasteiger partial charge >= 0.3 is 0 Å². The number of fused-ring (bicyclic) bond motifs is 2. The Morgan fingerprint density at radius 2 is 1.79 bits per heavy atom. The number of hydrogen-bond donors (Lipinski definition) is 1. The normalized spacial score (nSPS) is 13.5. The van der Waals surface area contributed by atoms with E-state index in [1.807, 2.05) is 44.4 Å². The van der Waals surface area contributed by atoms with Gasteiger partial charge in [0.2, 0.25) is 0 Å². The molecule has 0 atom stereocenters. The van der Waals surface area contributed by atoms with Crippen molar-refractivity contribution in [3.63, 3.8) is 0 Å². The van der Waals surface area contributed by atoms with Crippen molar-refractivity contribution in [3.8, 4) is 0 Å². The van der Waals surface area contributed by atoms with Crippen molar-refractivity contribution >= 4 is 34.6 Å². The number of para-hydroxylation sites is 2. The van der Waals surface area contributed by atoms with E-state index in [4.69, 9.17) is 11.6 Å². The standard InChI is InChI=1S/C19H22ClN3O/c1-21-11-5-6-12-23-17-8-4-3-7-16(17)22(2)19(24)15-10-9-14(20)13-18(15)23/h3-4,7-10,13,21H,5-6,11-12H2,1-2H3. The molecule has 0 fully saturated rings. The first-order chi connectivity index (χ1) is 11.6. The molecule has 4 nitrogen and oxygen atoms in total. The lowest BCUT2D eigenvalue weighted by Gasteiger charge is -2.26. The first-order valence-electron chi connectivity index (χ1n) is 8.22. The fourth-order valence-electron chi connectivity index (χ4n) is 3.12. The average Bonchev–Trinajstić information content (AvgIpc) is 2.68. The van der Waals surface area contributed by atoms with Crippen molar-refractivity contribution in [1.82, 2.24) is 5.32 Å². The molecular weight excluding hydrogens is 322 g/mol. The predicted octanol–water partition coefficient (Wildman–Crippen LogP) is 4.07. The van der Waals surface area contributed by atoms with Crippen LogP contribution in [0.25, 0.3) is 0 Å². The van der Waals surface area contributed by atoms with Gasteiger partial charge in [0.25, 0.3) is 5.91 Å². The van der Waals surface area contributed by atoms with E-state index in [0.717, 1.165) is 43.0 Å². The summed E-state index contributed by atoms with van der Waals surface area (Å²) < 4.78 is 0. The van der Waals surface area contributed by atoms with Crippen molar-refractivity contribution in [2.75, 3.05) is 37.0 Å². The maximum Gasteiger partial charge on any atom is 0.260 e. The average molecular weight is 344 g/mol. The molecular formula is C19H22ClN3O. The number of amides is 1. The van der Waals surface area contributed by atoms with Crippen LogP contribution in [0.4, 0.5) is 17.1 Å². The highest BCUT2D eigenvalue weighted by Crippen LogP contribution is 2.41. The second kappa shape index (κ2) is 7.24. The number of carbonyl (C=O) groups excluding carboxylic acids is 1. The molecule has 0 spiro atoms. The molecule has 0 saturated carbocycles. The molecule has 1 aliphatic heterocycles. The van der Waals surface area contributed by atoms with Gasteiger partial charge in [0.05, 0.1) is 22.6 Å². The second-order valence-corrected chi connectivity index (χ2v) is 6.41. The van der Waals surface area contributed by atoms with Crippen LogP contribution in [0.15, 0.2) is 42.5 Å². The zero-order chi connectivity index (χ0) is 17.1. The van der Waals surface area contributed by atoms with Crippen LogP contribution in [-0.4, -0.2) is 33.1 Å². The van der Waals surface area contributed by atoms with Crippen LogP contribution >= 0.6 is 11.6 Å². The summed E-state index contributed by atoms with van der Waals surface area (Å²) in [4.78, 5) is 16.8. The molecule has 0 saturated heterocycles. The Kier molecular flexibility index (Phi) is 5.07. The van der Waals surface area contributed by atoms with Crippen LogP contribution in [0.2, 0.25) is 5.02 Å². The third kappa shape index (κ3) is 3.12. The lowest BCUT2D eigenvalue weighted by molar-refractivity contribution is 0.0994. The Balaban J connectivity index is 2.08. The van der Waals surface area contributed by atoms with E-state index in [0.29, 0.717) is 10.6 Å². The number of hydrogen-bond acceptors (Lipinski definition) is 3. The topological polar surface area (TPSA) is 35.6 Å². The monoisotopic (exact) mass is 343 g/mol. The van der Waals surface area contributed by atoms with Gasteiger partial charge in [-0.1, -0.05) is 23.7 Å².